The quantitative estimate of drug-likeness (QED) is 0.807. The fourth-order valence-corrected chi connectivity index (χ4v) is 2.45. The maximum atomic E-state index is 13.3. The predicted octanol–water partition coefficient (Wildman–Crippen LogP) is 2.41. The van der Waals surface area contributed by atoms with Crippen molar-refractivity contribution in [2.75, 3.05) is 20.2 Å². The van der Waals surface area contributed by atoms with E-state index in [2.05, 4.69) is 5.32 Å². The number of esters is 1. The summed E-state index contributed by atoms with van der Waals surface area (Å²) in [6, 6.07) is 3.90. The predicted molar refractivity (Wildman–Crippen MR) is 96.7 cm³/mol. The monoisotopic (exact) mass is 378 g/mol. The van der Waals surface area contributed by atoms with Crippen molar-refractivity contribution in [3.8, 4) is 0 Å². The van der Waals surface area contributed by atoms with E-state index >= 15 is 0 Å². The lowest BCUT2D eigenvalue weighted by atomic mass is 10.1. The van der Waals surface area contributed by atoms with E-state index in [1.165, 1.54) is 25.2 Å². The minimum atomic E-state index is -0.829. The molecule has 27 heavy (non-hydrogen) atoms. The van der Waals surface area contributed by atoms with Crippen LogP contribution in [0.4, 0.5) is 4.39 Å². The second kappa shape index (κ2) is 7.77. The minimum absolute atomic E-state index is 0.0865. The van der Waals surface area contributed by atoms with Gasteiger partial charge in [-0.2, -0.15) is 0 Å². The summed E-state index contributed by atoms with van der Waals surface area (Å²) in [4.78, 5) is 37.3. The molecule has 7 nitrogen and oxygen atoms in total. The fraction of sp³-hybridized carbons (Fsp3) is 0.421. The van der Waals surface area contributed by atoms with Crippen LogP contribution in [-0.2, 0) is 14.3 Å². The van der Waals surface area contributed by atoms with Gasteiger partial charge < -0.3 is 19.4 Å². The normalized spacial score (nSPS) is 11.3. The summed E-state index contributed by atoms with van der Waals surface area (Å²) in [7, 11) is 1.44. The number of rotatable bonds is 5. The number of nitrogens with zero attached hydrogens (tertiary/aromatic N) is 1. The molecule has 0 radical (unpaired) electrons. The molecule has 2 amide bonds. The van der Waals surface area contributed by atoms with Crippen molar-refractivity contribution in [2.24, 2.45) is 0 Å². The van der Waals surface area contributed by atoms with Crippen LogP contribution in [0.2, 0.25) is 0 Å². The average Bonchev–Trinajstić information content (AvgIpc) is 2.87. The molecule has 0 aliphatic carbocycles. The number of aryl methyl sites for hydroxylation is 1. The van der Waals surface area contributed by atoms with Crippen molar-refractivity contribution >= 4 is 28.8 Å². The number of halogens is 1. The standard InChI is InChI=1S/C19H23FN2O5/c1-11-13-8-12(20)6-7-14(13)27-17(11)18(25)26-10-16(24)22(5)9-15(23)21-19(2,3)4/h6-8H,9-10H2,1-5H3,(H,21,23). The van der Waals surface area contributed by atoms with Gasteiger partial charge in [0.15, 0.2) is 6.61 Å². The van der Waals surface area contributed by atoms with Crippen LogP contribution in [0.1, 0.15) is 36.9 Å². The van der Waals surface area contributed by atoms with E-state index in [1.54, 1.807) is 6.92 Å². The Morgan fingerprint density at radius 1 is 1.26 bits per heavy atom. The zero-order valence-corrected chi connectivity index (χ0v) is 16.0. The number of likely N-dealkylation sites (N-methyl/N-ethyl adjacent to an activating group) is 1. The lowest BCUT2D eigenvalue weighted by Crippen LogP contribution is -2.46. The van der Waals surface area contributed by atoms with Crippen LogP contribution in [0.15, 0.2) is 22.6 Å². The van der Waals surface area contributed by atoms with Crippen LogP contribution in [0, 0.1) is 12.7 Å². The first kappa shape index (κ1) is 20.4. The van der Waals surface area contributed by atoms with Gasteiger partial charge in [0.05, 0.1) is 6.54 Å². The number of nitrogens with one attached hydrogen (secondary N) is 1. The summed E-state index contributed by atoms with van der Waals surface area (Å²) in [5.41, 5.74) is 0.370. The van der Waals surface area contributed by atoms with Crippen LogP contribution in [0.3, 0.4) is 0 Å². The number of furan rings is 1. The van der Waals surface area contributed by atoms with Gasteiger partial charge in [-0.25, -0.2) is 9.18 Å². The molecule has 0 atom stereocenters. The zero-order valence-electron chi connectivity index (χ0n) is 16.0. The van der Waals surface area contributed by atoms with E-state index in [1.807, 2.05) is 20.8 Å². The number of ether oxygens (including phenoxy) is 1. The van der Waals surface area contributed by atoms with Gasteiger partial charge in [0.25, 0.3) is 5.91 Å². The summed E-state index contributed by atoms with van der Waals surface area (Å²) in [5, 5.41) is 3.20. The van der Waals surface area contributed by atoms with Crippen molar-refractivity contribution in [3.05, 3.63) is 35.3 Å². The van der Waals surface area contributed by atoms with Gasteiger partial charge in [0.2, 0.25) is 11.7 Å². The van der Waals surface area contributed by atoms with Gasteiger partial charge >= 0.3 is 5.97 Å². The van der Waals surface area contributed by atoms with Crippen molar-refractivity contribution in [3.63, 3.8) is 0 Å². The Bertz CT molecular complexity index is 882. The van der Waals surface area contributed by atoms with Crippen LogP contribution < -0.4 is 5.32 Å². The Balaban J connectivity index is 1.96. The Morgan fingerprint density at radius 3 is 2.56 bits per heavy atom. The molecule has 146 valence electrons. The van der Waals surface area contributed by atoms with Crippen LogP contribution in [0.5, 0.6) is 0 Å². The molecule has 8 heteroatoms. The maximum absolute atomic E-state index is 13.3. The third kappa shape index (κ3) is 5.29. The van der Waals surface area contributed by atoms with Crippen molar-refractivity contribution in [2.45, 2.75) is 33.2 Å². The average molecular weight is 378 g/mol. The summed E-state index contributed by atoms with van der Waals surface area (Å²) in [6.45, 7) is 6.40. The fourth-order valence-electron chi connectivity index (χ4n) is 2.45. The van der Waals surface area contributed by atoms with Gasteiger partial charge in [-0.1, -0.05) is 0 Å². The van der Waals surface area contributed by atoms with Gasteiger partial charge in [-0.05, 0) is 45.9 Å². The molecule has 0 fully saturated rings. The molecule has 1 heterocycles. The molecule has 0 saturated heterocycles. The van der Waals surface area contributed by atoms with E-state index in [0.717, 1.165) is 4.90 Å². The molecule has 0 aliphatic heterocycles. The summed E-state index contributed by atoms with van der Waals surface area (Å²) in [5.74, 6) is -2.22. The van der Waals surface area contributed by atoms with Crippen LogP contribution in [-0.4, -0.2) is 48.4 Å². The number of benzene rings is 1. The highest BCUT2D eigenvalue weighted by atomic mass is 19.1. The van der Waals surface area contributed by atoms with E-state index < -0.39 is 29.8 Å². The van der Waals surface area contributed by atoms with Crippen molar-refractivity contribution < 1.29 is 27.9 Å². The third-order valence-electron chi connectivity index (χ3n) is 3.73. The molecular weight excluding hydrogens is 355 g/mol. The van der Waals surface area contributed by atoms with Crippen molar-refractivity contribution in [1.82, 2.24) is 10.2 Å². The molecule has 0 aliphatic rings. The lowest BCUT2D eigenvalue weighted by molar-refractivity contribution is -0.137. The van der Waals surface area contributed by atoms with Gasteiger partial charge in [0, 0.05) is 23.5 Å². The molecule has 0 saturated carbocycles. The Labute approximate surface area is 156 Å². The number of amides is 2. The number of fused-ring (bicyclic) bond motifs is 1. The Morgan fingerprint density at radius 2 is 1.93 bits per heavy atom. The van der Waals surface area contributed by atoms with E-state index in [0.29, 0.717) is 16.5 Å². The van der Waals surface area contributed by atoms with Gasteiger partial charge in [0.1, 0.15) is 11.4 Å². The van der Waals surface area contributed by atoms with E-state index in [4.69, 9.17) is 9.15 Å². The Kier molecular flexibility index (Phi) is 5.88. The summed E-state index contributed by atoms with van der Waals surface area (Å²) >= 11 is 0. The Hall–Kier alpha value is -2.90. The first-order valence-electron chi connectivity index (χ1n) is 8.38. The number of hydrogen-bond acceptors (Lipinski definition) is 5. The molecule has 1 N–H and O–H groups in total. The number of hydrogen-bond donors (Lipinski definition) is 1. The molecular formula is C19H23FN2O5. The third-order valence-corrected chi connectivity index (χ3v) is 3.73. The second-order valence-electron chi connectivity index (χ2n) is 7.32. The first-order chi connectivity index (χ1) is 12.5. The van der Waals surface area contributed by atoms with Crippen LogP contribution in [0.25, 0.3) is 11.0 Å². The maximum Gasteiger partial charge on any atom is 0.375 e. The molecule has 0 bridgehead atoms. The molecule has 0 unspecified atom stereocenters. The first-order valence-corrected chi connectivity index (χ1v) is 8.38. The molecule has 2 aromatic rings. The highest BCUT2D eigenvalue weighted by Crippen LogP contribution is 2.26. The molecule has 2 rings (SSSR count). The highest BCUT2D eigenvalue weighted by Gasteiger charge is 2.22. The molecule has 1 aromatic carbocycles. The van der Waals surface area contributed by atoms with Gasteiger partial charge in [-0.15, -0.1) is 0 Å². The largest absolute Gasteiger partial charge is 0.450 e. The SMILES string of the molecule is Cc1c(C(=O)OCC(=O)N(C)CC(=O)NC(C)(C)C)oc2ccc(F)cc12. The minimum Gasteiger partial charge on any atom is -0.450 e. The van der Waals surface area contributed by atoms with Crippen molar-refractivity contribution in [1.29, 1.82) is 0 Å². The number of carbonyl (C=O) groups is 3. The summed E-state index contributed by atoms with van der Waals surface area (Å²) in [6.07, 6.45) is 0. The smallest absolute Gasteiger partial charge is 0.375 e. The molecule has 1 aromatic heterocycles. The van der Waals surface area contributed by atoms with Crippen LogP contribution >= 0.6 is 0 Å². The zero-order chi connectivity index (χ0) is 20.4. The summed E-state index contributed by atoms with van der Waals surface area (Å²) < 4.78 is 23.7. The second-order valence-corrected chi connectivity index (χ2v) is 7.32. The van der Waals surface area contributed by atoms with E-state index in [9.17, 15) is 18.8 Å². The molecule has 0 spiro atoms. The topological polar surface area (TPSA) is 88.9 Å². The van der Waals surface area contributed by atoms with Gasteiger partial charge in [-0.3, -0.25) is 9.59 Å². The highest BCUT2D eigenvalue weighted by molar-refractivity contribution is 5.97. The lowest BCUT2D eigenvalue weighted by Gasteiger charge is -2.23. The number of carbonyl (C=O) groups excluding carboxylic acids is 3. The van der Waals surface area contributed by atoms with E-state index in [-0.39, 0.29) is 18.2 Å².